The number of aryl methyl sites for hydroxylation is 1. The molecule has 0 atom stereocenters. The third-order valence-electron chi connectivity index (χ3n) is 2.90. The molecular formula is C15H13N3O2S. The van der Waals surface area contributed by atoms with Crippen molar-refractivity contribution in [3.8, 4) is 10.6 Å². The second kappa shape index (κ2) is 5.88. The van der Waals surface area contributed by atoms with Crippen LogP contribution in [0.3, 0.4) is 0 Å². The summed E-state index contributed by atoms with van der Waals surface area (Å²) in [4.78, 5) is 22.5. The molecule has 0 fully saturated rings. The number of carbonyl (C=O) groups is 1. The highest BCUT2D eigenvalue weighted by Gasteiger charge is 2.19. The summed E-state index contributed by atoms with van der Waals surface area (Å²) in [6.07, 6.45) is 2.98. The van der Waals surface area contributed by atoms with E-state index < -0.39 is 0 Å². The van der Waals surface area contributed by atoms with Crippen LogP contribution in [0.5, 0.6) is 0 Å². The molecule has 0 saturated carbocycles. The SMILES string of the molecule is Cc1ccc(-c2ocnc2C(=O)NCc2ccccn2)s1. The number of nitrogens with one attached hydrogen (secondary N) is 1. The van der Waals surface area contributed by atoms with Crippen molar-refractivity contribution in [1.29, 1.82) is 0 Å². The monoisotopic (exact) mass is 299 g/mol. The van der Waals surface area contributed by atoms with E-state index in [1.807, 2.05) is 37.3 Å². The first-order valence-electron chi connectivity index (χ1n) is 6.42. The number of carbonyl (C=O) groups excluding carboxylic acids is 1. The second-order valence-corrected chi connectivity index (χ2v) is 5.73. The minimum absolute atomic E-state index is 0.268. The van der Waals surface area contributed by atoms with E-state index >= 15 is 0 Å². The molecule has 3 rings (SSSR count). The van der Waals surface area contributed by atoms with Crippen LogP contribution in [0.25, 0.3) is 10.6 Å². The summed E-state index contributed by atoms with van der Waals surface area (Å²) >= 11 is 1.57. The van der Waals surface area contributed by atoms with Gasteiger partial charge < -0.3 is 9.73 Å². The Kier molecular flexibility index (Phi) is 3.79. The van der Waals surface area contributed by atoms with Crippen molar-refractivity contribution in [3.05, 3.63) is 59.2 Å². The molecule has 5 nitrogen and oxygen atoms in total. The van der Waals surface area contributed by atoms with Gasteiger partial charge in [-0.25, -0.2) is 4.98 Å². The van der Waals surface area contributed by atoms with E-state index in [9.17, 15) is 4.79 Å². The number of thiophene rings is 1. The lowest BCUT2D eigenvalue weighted by Gasteiger charge is -2.03. The Labute approximate surface area is 125 Å². The summed E-state index contributed by atoms with van der Waals surface area (Å²) in [5.41, 5.74) is 1.09. The molecule has 0 saturated heterocycles. The molecule has 0 bridgehead atoms. The minimum atomic E-state index is -0.268. The number of hydrogen-bond acceptors (Lipinski definition) is 5. The fourth-order valence-electron chi connectivity index (χ4n) is 1.90. The van der Waals surface area contributed by atoms with Gasteiger partial charge in [0.05, 0.1) is 17.1 Å². The number of rotatable bonds is 4. The Hall–Kier alpha value is -2.47. The van der Waals surface area contributed by atoms with Crippen molar-refractivity contribution < 1.29 is 9.21 Å². The van der Waals surface area contributed by atoms with Crippen LogP contribution in [0.4, 0.5) is 0 Å². The average molecular weight is 299 g/mol. The summed E-state index contributed by atoms with van der Waals surface area (Å²) in [6.45, 7) is 2.36. The van der Waals surface area contributed by atoms with Crippen LogP contribution in [-0.2, 0) is 6.54 Å². The van der Waals surface area contributed by atoms with Gasteiger partial charge in [-0.15, -0.1) is 11.3 Å². The lowest BCUT2D eigenvalue weighted by Crippen LogP contribution is -2.24. The minimum Gasteiger partial charge on any atom is -0.442 e. The topological polar surface area (TPSA) is 68.0 Å². The van der Waals surface area contributed by atoms with Crippen molar-refractivity contribution >= 4 is 17.2 Å². The molecule has 0 aliphatic carbocycles. The predicted molar refractivity (Wildman–Crippen MR) is 80.0 cm³/mol. The summed E-state index contributed by atoms with van der Waals surface area (Å²) in [5, 5.41) is 2.80. The predicted octanol–water partition coefficient (Wildman–Crippen LogP) is 3.04. The maximum Gasteiger partial charge on any atom is 0.274 e. The number of hydrogen-bond donors (Lipinski definition) is 1. The highest BCUT2D eigenvalue weighted by molar-refractivity contribution is 7.15. The smallest absolute Gasteiger partial charge is 0.274 e. The Bertz CT molecular complexity index is 749. The molecule has 3 aromatic heterocycles. The van der Waals surface area contributed by atoms with Crippen LogP contribution in [0.2, 0.25) is 0 Å². The van der Waals surface area contributed by atoms with E-state index in [0.717, 1.165) is 15.4 Å². The molecule has 0 radical (unpaired) electrons. The first-order valence-corrected chi connectivity index (χ1v) is 7.24. The Morgan fingerprint density at radius 1 is 1.29 bits per heavy atom. The van der Waals surface area contributed by atoms with Crippen LogP contribution in [-0.4, -0.2) is 15.9 Å². The van der Waals surface area contributed by atoms with Gasteiger partial charge in [0.1, 0.15) is 0 Å². The third-order valence-corrected chi connectivity index (χ3v) is 3.90. The van der Waals surface area contributed by atoms with Crippen LogP contribution >= 0.6 is 11.3 Å². The fourth-order valence-corrected chi connectivity index (χ4v) is 2.75. The molecular weight excluding hydrogens is 286 g/mol. The van der Waals surface area contributed by atoms with Crippen molar-refractivity contribution in [1.82, 2.24) is 15.3 Å². The molecule has 0 aliphatic heterocycles. The Balaban J connectivity index is 1.75. The molecule has 0 aliphatic rings. The zero-order valence-corrected chi connectivity index (χ0v) is 12.2. The maximum absolute atomic E-state index is 12.2. The molecule has 3 aromatic rings. The highest BCUT2D eigenvalue weighted by atomic mass is 32.1. The van der Waals surface area contributed by atoms with Gasteiger partial charge in [-0.2, -0.15) is 0 Å². The molecule has 0 aromatic carbocycles. The quantitative estimate of drug-likeness (QED) is 0.804. The number of pyridine rings is 1. The first-order chi connectivity index (χ1) is 10.2. The third kappa shape index (κ3) is 3.00. The molecule has 3 heterocycles. The summed E-state index contributed by atoms with van der Waals surface area (Å²) in [7, 11) is 0. The maximum atomic E-state index is 12.2. The van der Waals surface area contributed by atoms with Crippen LogP contribution in [0.15, 0.2) is 47.3 Å². The molecule has 21 heavy (non-hydrogen) atoms. The number of aromatic nitrogens is 2. The van der Waals surface area contributed by atoms with Crippen LogP contribution in [0, 0.1) is 6.92 Å². The van der Waals surface area contributed by atoms with E-state index in [0.29, 0.717) is 18.0 Å². The van der Waals surface area contributed by atoms with Crippen molar-refractivity contribution in [2.75, 3.05) is 0 Å². The lowest BCUT2D eigenvalue weighted by atomic mass is 10.2. The summed E-state index contributed by atoms with van der Waals surface area (Å²) in [5.74, 6) is 0.238. The van der Waals surface area contributed by atoms with Crippen molar-refractivity contribution in [2.45, 2.75) is 13.5 Å². The van der Waals surface area contributed by atoms with Gasteiger partial charge in [-0.3, -0.25) is 9.78 Å². The van der Waals surface area contributed by atoms with Gasteiger partial charge >= 0.3 is 0 Å². The van der Waals surface area contributed by atoms with E-state index in [1.165, 1.54) is 6.39 Å². The number of nitrogens with zero attached hydrogens (tertiary/aromatic N) is 2. The average Bonchev–Trinajstić information content (AvgIpc) is 3.14. The first kappa shape index (κ1) is 13.5. The summed E-state index contributed by atoms with van der Waals surface area (Å²) in [6, 6.07) is 9.48. The molecule has 1 amide bonds. The molecule has 1 N–H and O–H groups in total. The van der Waals surface area contributed by atoms with Gasteiger partial charge in [0, 0.05) is 11.1 Å². The van der Waals surface area contributed by atoms with Gasteiger partial charge in [-0.05, 0) is 31.2 Å². The van der Waals surface area contributed by atoms with E-state index in [4.69, 9.17) is 4.42 Å². The largest absolute Gasteiger partial charge is 0.442 e. The van der Waals surface area contributed by atoms with E-state index in [1.54, 1.807) is 17.5 Å². The van der Waals surface area contributed by atoms with Gasteiger partial charge in [0.2, 0.25) is 0 Å². The Morgan fingerprint density at radius 2 is 2.19 bits per heavy atom. The van der Waals surface area contributed by atoms with Gasteiger partial charge in [0.25, 0.3) is 5.91 Å². The Morgan fingerprint density at radius 3 is 2.90 bits per heavy atom. The summed E-state index contributed by atoms with van der Waals surface area (Å²) < 4.78 is 5.36. The van der Waals surface area contributed by atoms with Gasteiger partial charge in [0.15, 0.2) is 17.8 Å². The molecule has 106 valence electrons. The molecule has 0 unspecified atom stereocenters. The zero-order valence-electron chi connectivity index (χ0n) is 11.4. The van der Waals surface area contributed by atoms with Crippen LogP contribution in [0.1, 0.15) is 21.1 Å². The van der Waals surface area contributed by atoms with Crippen molar-refractivity contribution in [3.63, 3.8) is 0 Å². The lowest BCUT2D eigenvalue weighted by molar-refractivity contribution is 0.0946. The highest BCUT2D eigenvalue weighted by Crippen LogP contribution is 2.29. The second-order valence-electron chi connectivity index (χ2n) is 4.44. The van der Waals surface area contributed by atoms with Crippen LogP contribution < -0.4 is 5.32 Å². The normalized spacial score (nSPS) is 10.5. The molecule has 0 spiro atoms. The molecule has 6 heteroatoms. The van der Waals surface area contributed by atoms with Crippen molar-refractivity contribution in [2.24, 2.45) is 0 Å². The van der Waals surface area contributed by atoms with Gasteiger partial charge in [-0.1, -0.05) is 6.07 Å². The zero-order chi connectivity index (χ0) is 14.7. The number of amides is 1. The standard InChI is InChI=1S/C15H13N3O2S/c1-10-5-6-12(21-10)14-13(18-9-20-14)15(19)17-8-11-4-2-3-7-16-11/h2-7,9H,8H2,1H3,(H,17,19). The van der Waals surface area contributed by atoms with E-state index in [2.05, 4.69) is 15.3 Å². The van der Waals surface area contributed by atoms with E-state index in [-0.39, 0.29) is 5.91 Å². The number of oxazole rings is 1. The fraction of sp³-hybridized carbons (Fsp3) is 0.133.